The molecule has 3 rings (SSSR count). The molecule has 0 saturated carbocycles. The number of carbonyl (C=O) groups is 1. The van der Waals surface area contributed by atoms with E-state index in [0.717, 1.165) is 5.56 Å². The fourth-order valence-electron chi connectivity index (χ4n) is 2.96. The summed E-state index contributed by atoms with van der Waals surface area (Å²) in [6, 6.07) is 8.78. The molecular weight excluding hydrogens is 302 g/mol. The molecule has 0 aromatic heterocycles. The summed E-state index contributed by atoms with van der Waals surface area (Å²) in [6.45, 7) is 1.65. The van der Waals surface area contributed by atoms with Gasteiger partial charge in [-0.05, 0) is 0 Å². The van der Waals surface area contributed by atoms with E-state index in [2.05, 4.69) is 5.32 Å². The zero-order chi connectivity index (χ0) is 16.4. The number of aliphatic hydroxyl groups is 1. The summed E-state index contributed by atoms with van der Waals surface area (Å²) in [7, 11) is 1.46. The number of ether oxygens (including phenoxy) is 4. The van der Waals surface area contributed by atoms with E-state index in [9.17, 15) is 9.90 Å². The van der Waals surface area contributed by atoms with Crippen molar-refractivity contribution in [1.29, 1.82) is 0 Å². The smallest absolute Gasteiger partial charge is 0.217 e. The summed E-state index contributed by atoms with van der Waals surface area (Å²) in [6.07, 6.45) is -3.36. The van der Waals surface area contributed by atoms with E-state index in [1.165, 1.54) is 14.0 Å². The first-order valence-corrected chi connectivity index (χ1v) is 7.55. The number of aliphatic hydroxyl groups excluding tert-OH is 1. The quantitative estimate of drug-likeness (QED) is 0.834. The Balaban J connectivity index is 1.76. The molecule has 2 aliphatic heterocycles. The fraction of sp³-hybridized carbons (Fsp3) is 0.562. The molecule has 23 heavy (non-hydrogen) atoms. The third kappa shape index (κ3) is 3.39. The molecule has 2 fully saturated rings. The number of amides is 1. The third-order valence-electron chi connectivity index (χ3n) is 4.04. The Morgan fingerprint density at radius 2 is 2.04 bits per heavy atom. The Hall–Kier alpha value is -1.51. The molecule has 1 aromatic carbocycles. The van der Waals surface area contributed by atoms with Crippen LogP contribution in [0.4, 0.5) is 0 Å². The van der Waals surface area contributed by atoms with Gasteiger partial charge in [0.1, 0.15) is 24.4 Å². The molecule has 0 spiro atoms. The number of benzene rings is 1. The number of nitrogens with one attached hydrogen (secondary N) is 1. The Bertz CT molecular complexity index is 539. The Labute approximate surface area is 134 Å². The summed E-state index contributed by atoms with van der Waals surface area (Å²) in [5.41, 5.74) is 0.864. The van der Waals surface area contributed by atoms with E-state index in [1.807, 2.05) is 30.3 Å². The average Bonchev–Trinajstić information content (AvgIpc) is 2.57. The van der Waals surface area contributed by atoms with Gasteiger partial charge in [-0.1, -0.05) is 30.3 Å². The van der Waals surface area contributed by atoms with Crippen LogP contribution in [0.1, 0.15) is 18.8 Å². The zero-order valence-corrected chi connectivity index (χ0v) is 13.0. The van der Waals surface area contributed by atoms with E-state index in [-0.39, 0.29) is 12.5 Å². The lowest BCUT2D eigenvalue weighted by Crippen LogP contribution is -2.66. The maximum atomic E-state index is 11.4. The van der Waals surface area contributed by atoms with Crippen molar-refractivity contribution < 1.29 is 28.8 Å². The van der Waals surface area contributed by atoms with Gasteiger partial charge < -0.3 is 29.4 Å². The van der Waals surface area contributed by atoms with Crippen LogP contribution < -0.4 is 5.32 Å². The van der Waals surface area contributed by atoms with Gasteiger partial charge >= 0.3 is 0 Å². The van der Waals surface area contributed by atoms with Crippen molar-refractivity contribution in [2.24, 2.45) is 0 Å². The van der Waals surface area contributed by atoms with Crippen LogP contribution in [-0.4, -0.2) is 55.4 Å². The summed E-state index contributed by atoms with van der Waals surface area (Å²) in [4.78, 5) is 11.4. The van der Waals surface area contributed by atoms with Crippen molar-refractivity contribution in [3.63, 3.8) is 0 Å². The molecule has 7 heteroatoms. The molecule has 2 aliphatic rings. The van der Waals surface area contributed by atoms with Crippen LogP contribution in [0.25, 0.3) is 0 Å². The van der Waals surface area contributed by atoms with Gasteiger partial charge in [0.05, 0.1) is 6.61 Å². The molecule has 0 aliphatic carbocycles. The molecule has 2 N–H and O–H groups in total. The number of hydrogen-bond donors (Lipinski definition) is 2. The molecule has 0 radical (unpaired) electrons. The molecule has 0 bridgehead atoms. The summed E-state index contributed by atoms with van der Waals surface area (Å²) in [5.74, 6) is -0.273. The molecule has 0 unspecified atom stereocenters. The number of carbonyl (C=O) groups excluding carboxylic acids is 1. The minimum absolute atomic E-state index is 0.272. The molecule has 2 heterocycles. The molecule has 7 nitrogen and oxygen atoms in total. The highest BCUT2D eigenvalue weighted by Crippen LogP contribution is 2.34. The minimum atomic E-state index is -0.960. The van der Waals surface area contributed by atoms with Gasteiger partial charge in [0.25, 0.3) is 0 Å². The highest BCUT2D eigenvalue weighted by atomic mass is 16.7. The Morgan fingerprint density at radius 1 is 1.30 bits per heavy atom. The number of hydrogen-bond acceptors (Lipinski definition) is 6. The van der Waals surface area contributed by atoms with Crippen LogP contribution in [-0.2, 0) is 23.7 Å². The second-order valence-corrected chi connectivity index (χ2v) is 5.67. The summed E-state index contributed by atoms with van der Waals surface area (Å²) < 4.78 is 22.6. The lowest BCUT2D eigenvalue weighted by molar-refractivity contribution is -0.341. The third-order valence-corrected chi connectivity index (χ3v) is 4.04. The first kappa shape index (κ1) is 16.4. The second kappa shape index (κ2) is 6.94. The number of rotatable bonds is 3. The van der Waals surface area contributed by atoms with Gasteiger partial charge in [-0.2, -0.15) is 0 Å². The Kier molecular flexibility index (Phi) is 4.93. The van der Waals surface area contributed by atoms with Crippen LogP contribution in [0.5, 0.6) is 0 Å². The van der Waals surface area contributed by atoms with Crippen LogP contribution in [0.3, 0.4) is 0 Å². The lowest BCUT2D eigenvalue weighted by atomic mass is 9.95. The van der Waals surface area contributed by atoms with E-state index < -0.39 is 36.9 Å². The first-order chi connectivity index (χ1) is 11.1. The molecule has 2 saturated heterocycles. The second-order valence-electron chi connectivity index (χ2n) is 5.67. The minimum Gasteiger partial charge on any atom is -0.388 e. The molecule has 1 amide bonds. The first-order valence-electron chi connectivity index (χ1n) is 7.55. The van der Waals surface area contributed by atoms with Crippen molar-refractivity contribution >= 4 is 5.91 Å². The van der Waals surface area contributed by atoms with Gasteiger partial charge in [-0.15, -0.1) is 0 Å². The summed E-state index contributed by atoms with van der Waals surface area (Å²) in [5, 5.41) is 13.3. The van der Waals surface area contributed by atoms with E-state index >= 15 is 0 Å². The van der Waals surface area contributed by atoms with Crippen LogP contribution in [0.15, 0.2) is 30.3 Å². The molecule has 126 valence electrons. The predicted molar refractivity (Wildman–Crippen MR) is 79.3 cm³/mol. The maximum absolute atomic E-state index is 11.4. The Morgan fingerprint density at radius 3 is 2.70 bits per heavy atom. The molecule has 1 aromatic rings. The van der Waals surface area contributed by atoms with Crippen molar-refractivity contribution in [2.75, 3.05) is 13.7 Å². The van der Waals surface area contributed by atoms with E-state index in [4.69, 9.17) is 18.9 Å². The zero-order valence-electron chi connectivity index (χ0n) is 13.0. The van der Waals surface area contributed by atoms with E-state index in [0.29, 0.717) is 0 Å². The monoisotopic (exact) mass is 323 g/mol. The van der Waals surface area contributed by atoms with Crippen LogP contribution >= 0.6 is 0 Å². The predicted octanol–water partition coefficient (Wildman–Crippen LogP) is 0.337. The van der Waals surface area contributed by atoms with Crippen molar-refractivity contribution in [3.05, 3.63) is 35.9 Å². The average molecular weight is 323 g/mol. The normalized spacial score (nSPS) is 37.0. The highest BCUT2D eigenvalue weighted by Gasteiger charge is 2.49. The highest BCUT2D eigenvalue weighted by molar-refractivity contribution is 5.73. The fourth-order valence-corrected chi connectivity index (χ4v) is 2.96. The number of methoxy groups -OCH3 is 1. The summed E-state index contributed by atoms with van der Waals surface area (Å²) >= 11 is 0. The van der Waals surface area contributed by atoms with Gasteiger partial charge in [0.15, 0.2) is 12.6 Å². The van der Waals surface area contributed by atoms with Crippen molar-refractivity contribution in [1.82, 2.24) is 5.32 Å². The van der Waals surface area contributed by atoms with Crippen LogP contribution in [0.2, 0.25) is 0 Å². The van der Waals surface area contributed by atoms with Gasteiger partial charge in [0.2, 0.25) is 5.91 Å². The van der Waals surface area contributed by atoms with Gasteiger partial charge in [0, 0.05) is 19.6 Å². The topological polar surface area (TPSA) is 86.2 Å². The van der Waals surface area contributed by atoms with Crippen molar-refractivity contribution in [3.8, 4) is 0 Å². The van der Waals surface area contributed by atoms with E-state index in [1.54, 1.807) is 0 Å². The molecule has 6 atom stereocenters. The van der Waals surface area contributed by atoms with Gasteiger partial charge in [-0.25, -0.2) is 0 Å². The largest absolute Gasteiger partial charge is 0.388 e. The standard InChI is InChI=1S/C16H21NO6/c1-9(18)17-12-13(19)14-11(22-16(12)20-2)8-21-15(23-14)10-6-4-3-5-7-10/h3-7,11-16,19H,8H2,1-2H3,(H,17,18)/t11-,12+,13-,14+,15-,16-/m1/s1. The van der Waals surface area contributed by atoms with Crippen molar-refractivity contribution in [2.45, 2.75) is 43.9 Å². The SMILES string of the molecule is CO[C@@H]1O[C@@H]2CO[C@@H](c3ccccc3)O[C@@H]2[C@H](O)[C@@H]1NC(C)=O. The number of fused-ring (bicyclic) bond motifs is 1. The maximum Gasteiger partial charge on any atom is 0.217 e. The lowest BCUT2D eigenvalue weighted by Gasteiger charge is -2.47. The molecular formula is C16H21NO6. The van der Waals surface area contributed by atoms with Crippen LogP contribution in [0, 0.1) is 0 Å². The van der Waals surface area contributed by atoms with Gasteiger partial charge in [-0.3, -0.25) is 4.79 Å².